The van der Waals surface area contributed by atoms with E-state index in [-0.39, 0.29) is 22.8 Å². The van der Waals surface area contributed by atoms with Gasteiger partial charge in [-0.2, -0.15) is 4.39 Å². The van der Waals surface area contributed by atoms with Crippen molar-refractivity contribution >= 4 is 0 Å². The molecule has 0 bridgehead atoms. The van der Waals surface area contributed by atoms with E-state index in [9.17, 15) is 13.2 Å². The summed E-state index contributed by atoms with van der Waals surface area (Å²) in [5.74, 6) is -3.49. The minimum absolute atomic E-state index is 0.0312. The molecule has 2 fully saturated rings. The minimum Gasteiger partial charge on any atom is -0.494 e. The van der Waals surface area contributed by atoms with Crippen LogP contribution in [0.25, 0.3) is 11.1 Å². The molecule has 0 amide bonds. The number of rotatable bonds is 4. The molecule has 29 heavy (non-hydrogen) atoms. The molecule has 2 aromatic rings. The molecule has 0 aliphatic heterocycles. The summed E-state index contributed by atoms with van der Waals surface area (Å²) in [6, 6.07) is 5.33. The number of benzene rings is 2. The van der Waals surface area contributed by atoms with Gasteiger partial charge < -0.3 is 4.74 Å². The average molecular weight is 404 g/mol. The molecule has 2 aromatic carbocycles. The van der Waals surface area contributed by atoms with Crippen LogP contribution < -0.4 is 4.74 Å². The number of ether oxygens (including phenoxy) is 1. The zero-order valence-electron chi connectivity index (χ0n) is 16.5. The van der Waals surface area contributed by atoms with Gasteiger partial charge in [0, 0.05) is 11.1 Å². The van der Waals surface area contributed by atoms with Gasteiger partial charge in [0.15, 0.2) is 23.2 Å². The number of hydrogen-bond donors (Lipinski definition) is 0. The standard InChI is InChI=1S/C24H24F4O/c1-3-4-13-5-6-15-14(13)7-8-16(15)17-9-10-18(22(26)21(17)25)19-11-12-20(29-2)24(28)23(19)27/h3-4,9-16H,5-8H2,1-2H3/b4-3+. The first-order chi connectivity index (χ1) is 14.0. The van der Waals surface area contributed by atoms with Gasteiger partial charge in [0.05, 0.1) is 7.11 Å². The number of methoxy groups -OCH3 is 1. The summed E-state index contributed by atoms with van der Waals surface area (Å²) in [4.78, 5) is 0. The van der Waals surface area contributed by atoms with Gasteiger partial charge in [0.25, 0.3) is 0 Å². The maximum atomic E-state index is 15.0. The van der Waals surface area contributed by atoms with Gasteiger partial charge in [0.1, 0.15) is 0 Å². The monoisotopic (exact) mass is 404 g/mol. The zero-order chi connectivity index (χ0) is 20.7. The van der Waals surface area contributed by atoms with E-state index in [0.717, 1.165) is 25.7 Å². The van der Waals surface area contributed by atoms with Gasteiger partial charge in [-0.25, -0.2) is 13.2 Å². The second kappa shape index (κ2) is 7.85. The number of allylic oxidation sites excluding steroid dienone is 2. The zero-order valence-corrected chi connectivity index (χ0v) is 16.5. The molecule has 2 aliphatic rings. The quantitative estimate of drug-likeness (QED) is 0.393. The summed E-state index contributed by atoms with van der Waals surface area (Å²) in [5.41, 5.74) is -0.239. The summed E-state index contributed by atoms with van der Waals surface area (Å²) in [6.45, 7) is 2.01. The lowest BCUT2D eigenvalue weighted by molar-refractivity contribution is 0.372. The first kappa shape index (κ1) is 20.0. The molecule has 0 N–H and O–H groups in total. The second-order valence-electron chi connectivity index (χ2n) is 8.05. The Balaban J connectivity index is 1.68. The Labute approximate surface area is 168 Å². The lowest BCUT2D eigenvalue weighted by atomic mass is 9.84. The highest BCUT2D eigenvalue weighted by Crippen LogP contribution is 2.55. The molecule has 0 spiro atoms. The van der Waals surface area contributed by atoms with Crippen molar-refractivity contribution in [2.24, 2.45) is 17.8 Å². The molecule has 0 saturated heterocycles. The van der Waals surface area contributed by atoms with E-state index in [1.165, 1.54) is 25.3 Å². The number of hydrogen-bond acceptors (Lipinski definition) is 1. The van der Waals surface area contributed by atoms with Crippen LogP contribution in [0, 0.1) is 41.0 Å². The Hall–Kier alpha value is -2.30. The fraction of sp³-hybridized carbons (Fsp3) is 0.417. The predicted octanol–water partition coefficient (Wildman–Crippen LogP) is 7.01. The van der Waals surface area contributed by atoms with Crippen LogP contribution in [0.3, 0.4) is 0 Å². The smallest absolute Gasteiger partial charge is 0.201 e. The van der Waals surface area contributed by atoms with Gasteiger partial charge in [-0.3, -0.25) is 0 Å². The van der Waals surface area contributed by atoms with Crippen LogP contribution in [-0.4, -0.2) is 7.11 Å². The first-order valence-electron chi connectivity index (χ1n) is 10.1. The van der Waals surface area contributed by atoms with Gasteiger partial charge in [0.2, 0.25) is 5.82 Å². The van der Waals surface area contributed by atoms with Crippen LogP contribution >= 0.6 is 0 Å². The molecule has 2 saturated carbocycles. The van der Waals surface area contributed by atoms with E-state index >= 15 is 4.39 Å². The van der Waals surface area contributed by atoms with Gasteiger partial charge in [-0.15, -0.1) is 0 Å². The van der Waals surface area contributed by atoms with E-state index in [0.29, 0.717) is 23.3 Å². The molecule has 2 aliphatic carbocycles. The molecule has 4 unspecified atom stereocenters. The van der Waals surface area contributed by atoms with E-state index in [1.807, 2.05) is 6.92 Å². The van der Waals surface area contributed by atoms with Crippen molar-refractivity contribution in [3.05, 3.63) is 65.2 Å². The largest absolute Gasteiger partial charge is 0.494 e. The fourth-order valence-electron chi connectivity index (χ4n) is 5.47. The van der Waals surface area contributed by atoms with Crippen LogP contribution in [-0.2, 0) is 0 Å². The maximum Gasteiger partial charge on any atom is 0.201 e. The molecular formula is C24H24F4O. The summed E-state index contributed by atoms with van der Waals surface area (Å²) in [6.07, 6.45) is 8.21. The third-order valence-corrected chi connectivity index (χ3v) is 6.77. The van der Waals surface area contributed by atoms with Gasteiger partial charge in [-0.05, 0) is 74.0 Å². The Bertz CT molecular complexity index is 952. The molecule has 4 rings (SSSR count). The molecule has 4 atom stereocenters. The van der Waals surface area contributed by atoms with E-state index in [2.05, 4.69) is 12.2 Å². The van der Waals surface area contributed by atoms with Crippen molar-refractivity contribution in [2.75, 3.05) is 7.11 Å². The van der Waals surface area contributed by atoms with Crippen molar-refractivity contribution < 1.29 is 22.3 Å². The molecule has 0 radical (unpaired) electrons. The van der Waals surface area contributed by atoms with E-state index in [1.54, 1.807) is 6.07 Å². The van der Waals surface area contributed by atoms with E-state index < -0.39 is 23.3 Å². The molecule has 0 heterocycles. The predicted molar refractivity (Wildman–Crippen MR) is 105 cm³/mol. The average Bonchev–Trinajstić information content (AvgIpc) is 3.30. The number of fused-ring (bicyclic) bond motifs is 1. The second-order valence-corrected chi connectivity index (χ2v) is 8.05. The van der Waals surface area contributed by atoms with Crippen LogP contribution in [0.5, 0.6) is 5.75 Å². The number of halogens is 4. The SMILES string of the molecule is C/C=C/C1CCC2C(c3ccc(-c4ccc(OC)c(F)c4F)c(F)c3F)CCC12. The van der Waals surface area contributed by atoms with Crippen molar-refractivity contribution in [1.82, 2.24) is 0 Å². The van der Waals surface area contributed by atoms with Crippen molar-refractivity contribution in [2.45, 2.75) is 38.5 Å². The molecule has 1 nitrogen and oxygen atoms in total. The highest BCUT2D eigenvalue weighted by Gasteiger charge is 2.45. The Kier molecular flexibility index (Phi) is 5.41. The van der Waals surface area contributed by atoms with Crippen molar-refractivity contribution in [3.63, 3.8) is 0 Å². The van der Waals surface area contributed by atoms with Crippen LogP contribution in [0.4, 0.5) is 17.6 Å². The van der Waals surface area contributed by atoms with Crippen LogP contribution in [0.1, 0.15) is 44.1 Å². The summed E-state index contributed by atoms with van der Waals surface area (Å²) >= 11 is 0. The first-order valence-corrected chi connectivity index (χ1v) is 10.1. The molecular weight excluding hydrogens is 380 g/mol. The molecule has 0 aromatic heterocycles. The third kappa shape index (κ3) is 3.24. The Morgan fingerprint density at radius 1 is 0.793 bits per heavy atom. The summed E-state index contributed by atoms with van der Waals surface area (Å²) in [5, 5.41) is 0. The topological polar surface area (TPSA) is 9.23 Å². The van der Waals surface area contributed by atoms with Gasteiger partial charge >= 0.3 is 0 Å². The highest BCUT2D eigenvalue weighted by molar-refractivity contribution is 5.66. The van der Waals surface area contributed by atoms with Crippen LogP contribution in [0.15, 0.2) is 36.4 Å². The molecule has 5 heteroatoms. The van der Waals surface area contributed by atoms with Crippen LogP contribution in [0.2, 0.25) is 0 Å². The maximum absolute atomic E-state index is 15.0. The molecule has 154 valence electrons. The van der Waals surface area contributed by atoms with E-state index in [4.69, 9.17) is 4.74 Å². The highest BCUT2D eigenvalue weighted by atomic mass is 19.2. The lowest BCUT2D eigenvalue weighted by Gasteiger charge is -2.21. The minimum atomic E-state index is -1.25. The third-order valence-electron chi connectivity index (χ3n) is 6.77. The summed E-state index contributed by atoms with van der Waals surface area (Å²) in [7, 11) is 1.21. The van der Waals surface area contributed by atoms with Gasteiger partial charge in [-0.1, -0.05) is 24.3 Å². The van der Waals surface area contributed by atoms with Crippen molar-refractivity contribution in [1.29, 1.82) is 0 Å². The van der Waals surface area contributed by atoms with Crippen molar-refractivity contribution in [3.8, 4) is 16.9 Å². The fourth-order valence-corrected chi connectivity index (χ4v) is 5.47. The Morgan fingerprint density at radius 2 is 1.45 bits per heavy atom. The Morgan fingerprint density at radius 3 is 2.14 bits per heavy atom. The normalized spacial score (nSPS) is 26.3. The lowest BCUT2D eigenvalue weighted by Crippen LogP contribution is -2.13. The summed E-state index contributed by atoms with van der Waals surface area (Å²) < 4.78 is 63.1.